The van der Waals surface area contributed by atoms with Gasteiger partial charge in [-0.3, -0.25) is 0 Å². The van der Waals surface area contributed by atoms with E-state index in [0.717, 1.165) is 22.8 Å². The number of allylic oxidation sites excluding steroid dienone is 5. The molecule has 4 rings (SSSR count). The van der Waals surface area contributed by atoms with Crippen molar-refractivity contribution in [2.24, 2.45) is 17.3 Å². The van der Waals surface area contributed by atoms with Gasteiger partial charge in [-0.05, 0) is 49.8 Å². The van der Waals surface area contributed by atoms with E-state index < -0.39 is 0 Å². The van der Waals surface area contributed by atoms with Crippen molar-refractivity contribution in [1.29, 1.82) is 0 Å². The number of hydrogen-bond donors (Lipinski definition) is 1. The summed E-state index contributed by atoms with van der Waals surface area (Å²) in [5.41, 5.74) is 7.89. The van der Waals surface area contributed by atoms with Crippen LogP contribution in [-0.4, -0.2) is 0 Å². The molecule has 1 saturated carbocycles. The highest BCUT2D eigenvalue weighted by Gasteiger charge is 2.53. The summed E-state index contributed by atoms with van der Waals surface area (Å²) in [6.45, 7) is 2.02. The second-order valence-electron chi connectivity index (χ2n) is 6.19. The van der Waals surface area contributed by atoms with Crippen LogP contribution in [0.4, 0.5) is 5.69 Å². The zero-order valence-corrected chi connectivity index (χ0v) is 11.7. The highest BCUT2D eigenvalue weighted by atomic mass is 16.5. The fourth-order valence-electron chi connectivity index (χ4n) is 3.92. The lowest BCUT2D eigenvalue weighted by Gasteiger charge is -2.34. The summed E-state index contributed by atoms with van der Waals surface area (Å²) in [6.07, 6.45) is 13.8. The van der Waals surface area contributed by atoms with Crippen LogP contribution in [0.1, 0.15) is 18.4 Å². The van der Waals surface area contributed by atoms with E-state index in [1.807, 2.05) is 25.1 Å². The van der Waals surface area contributed by atoms with Crippen LogP contribution in [0.2, 0.25) is 0 Å². The Hall–Kier alpha value is -1.96. The van der Waals surface area contributed by atoms with E-state index in [1.54, 1.807) is 0 Å². The van der Waals surface area contributed by atoms with Crippen molar-refractivity contribution in [2.45, 2.75) is 19.8 Å². The first-order valence-corrected chi connectivity index (χ1v) is 7.30. The topological polar surface area (TPSA) is 35.2 Å². The van der Waals surface area contributed by atoms with E-state index in [9.17, 15) is 0 Å². The second kappa shape index (κ2) is 4.02. The van der Waals surface area contributed by atoms with E-state index in [-0.39, 0.29) is 5.41 Å². The van der Waals surface area contributed by atoms with E-state index in [2.05, 4.69) is 30.4 Å². The van der Waals surface area contributed by atoms with Gasteiger partial charge in [0, 0.05) is 11.3 Å². The normalized spacial score (nSPS) is 33.1. The number of nitrogens with two attached hydrogens (primary N) is 1. The van der Waals surface area contributed by atoms with Crippen molar-refractivity contribution in [2.75, 3.05) is 5.73 Å². The summed E-state index contributed by atoms with van der Waals surface area (Å²) < 4.78 is 6.28. The summed E-state index contributed by atoms with van der Waals surface area (Å²) in [4.78, 5) is 0. The predicted molar refractivity (Wildman–Crippen MR) is 81.2 cm³/mol. The van der Waals surface area contributed by atoms with Gasteiger partial charge in [-0.15, -0.1) is 0 Å². The molecule has 0 amide bonds. The van der Waals surface area contributed by atoms with Gasteiger partial charge in [-0.25, -0.2) is 0 Å². The maximum absolute atomic E-state index is 6.28. The van der Waals surface area contributed by atoms with Crippen LogP contribution in [0.3, 0.4) is 0 Å². The number of hydrogen-bond acceptors (Lipinski definition) is 2. The number of fused-ring (bicyclic) bond motifs is 1. The molecule has 2 nitrogen and oxygen atoms in total. The summed E-state index contributed by atoms with van der Waals surface area (Å²) in [7, 11) is 0. The molecule has 0 aromatic heterocycles. The third kappa shape index (κ3) is 1.51. The van der Waals surface area contributed by atoms with Crippen LogP contribution in [-0.2, 0) is 0 Å². The smallest absolute Gasteiger partial charge is 0.131 e. The van der Waals surface area contributed by atoms with Gasteiger partial charge in [0.15, 0.2) is 0 Å². The Bertz CT molecular complexity index is 655. The molecule has 3 aliphatic carbocycles. The first kappa shape index (κ1) is 11.8. The molecule has 2 bridgehead atoms. The SMILES string of the molecule is Cc1c(N)cccc1OC1=CC2CC3C=CC=CC13C2. The molecule has 0 saturated heterocycles. The van der Waals surface area contributed by atoms with Crippen molar-refractivity contribution in [3.05, 3.63) is 59.9 Å². The van der Waals surface area contributed by atoms with E-state index in [1.165, 1.54) is 12.8 Å². The molecule has 3 unspecified atom stereocenters. The number of anilines is 1. The Morgan fingerprint density at radius 3 is 3.10 bits per heavy atom. The largest absolute Gasteiger partial charge is 0.461 e. The zero-order chi connectivity index (χ0) is 13.7. The van der Waals surface area contributed by atoms with Gasteiger partial charge in [0.2, 0.25) is 0 Å². The van der Waals surface area contributed by atoms with Gasteiger partial charge in [-0.2, -0.15) is 0 Å². The third-order valence-electron chi connectivity index (χ3n) is 5.06. The summed E-state index contributed by atoms with van der Waals surface area (Å²) in [5.74, 6) is 3.26. The standard InChI is InChI=1S/C18H19NO/c1-12-15(19)6-4-7-16(12)20-17-10-13-9-14-5-2-3-8-18(14,17)11-13/h2-8,10,13-14H,9,11,19H2,1H3. The van der Waals surface area contributed by atoms with Crippen LogP contribution in [0.5, 0.6) is 5.75 Å². The predicted octanol–water partition coefficient (Wildman–Crippen LogP) is 3.99. The molecular formula is C18H19NO. The van der Waals surface area contributed by atoms with Crippen LogP contribution in [0.25, 0.3) is 0 Å². The van der Waals surface area contributed by atoms with Crippen molar-refractivity contribution < 1.29 is 4.74 Å². The molecule has 1 fully saturated rings. The molecule has 1 aromatic rings. The Morgan fingerprint density at radius 1 is 1.30 bits per heavy atom. The average molecular weight is 265 g/mol. The molecular weight excluding hydrogens is 246 g/mol. The first-order valence-electron chi connectivity index (χ1n) is 7.30. The molecule has 0 aliphatic heterocycles. The van der Waals surface area contributed by atoms with E-state index in [4.69, 9.17) is 10.5 Å². The monoisotopic (exact) mass is 265 g/mol. The molecule has 0 heterocycles. The highest BCUT2D eigenvalue weighted by Crippen LogP contribution is 2.60. The van der Waals surface area contributed by atoms with E-state index in [0.29, 0.717) is 11.8 Å². The highest BCUT2D eigenvalue weighted by molar-refractivity contribution is 5.54. The Kier molecular flexibility index (Phi) is 2.38. The summed E-state index contributed by atoms with van der Waals surface area (Å²) in [6, 6.07) is 5.88. The number of benzene rings is 1. The van der Waals surface area contributed by atoms with Crippen molar-refractivity contribution in [1.82, 2.24) is 0 Å². The van der Waals surface area contributed by atoms with Gasteiger partial charge in [0.05, 0.1) is 5.41 Å². The van der Waals surface area contributed by atoms with Gasteiger partial charge in [-0.1, -0.05) is 30.4 Å². The quantitative estimate of drug-likeness (QED) is 0.820. The lowest BCUT2D eigenvalue weighted by Crippen LogP contribution is -2.28. The van der Waals surface area contributed by atoms with E-state index >= 15 is 0 Å². The first-order chi connectivity index (χ1) is 9.69. The number of ether oxygens (including phenoxy) is 1. The van der Waals surface area contributed by atoms with Gasteiger partial charge in [0.1, 0.15) is 11.5 Å². The summed E-state index contributed by atoms with van der Waals surface area (Å²) >= 11 is 0. The maximum atomic E-state index is 6.28. The van der Waals surface area contributed by atoms with Crippen molar-refractivity contribution >= 4 is 5.69 Å². The lowest BCUT2D eigenvalue weighted by atomic mass is 9.74. The molecule has 0 radical (unpaired) electrons. The minimum absolute atomic E-state index is 0.0937. The minimum Gasteiger partial charge on any atom is -0.461 e. The Balaban J connectivity index is 1.70. The van der Waals surface area contributed by atoms with Crippen LogP contribution in [0, 0.1) is 24.2 Å². The molecule has 3 atom stereocenters. The van der Waals surface area contributed by atoms with Crippen LogP contribution >= 0.6 is 0 Å². The second-order valence-corrected chi connectivity index (χ2v) is 6.19. The zero-order valence-electron chi connectivity index (χ0n) is 11.7. The maximum Gasteiger partial charge on any atom is 0.131 e. The minimum atomic E-state index is 0.0937. The fourth-order valence-corrected chi connectivity index (χ4v) is 3.92. The number of nitrogen functional groups attached to an aromatic ring is 1. The molecule has 1 spiro atoms. The van der Waals surface area contributed by atoms with Gasteiger partial charge < -0.3 is 10.5 Å². The molecule has 2 N–H and O–H groups in total. The molecule has 102 valence electrons. The number of rotatable bonds is 2. The third-order valence-corrected chi connectivity index (χ3v) is 5.06. The van der Waals surface area contributed by atoms with Crippen LogP contribution < -0.4 is 10.5 Å². The Labute approximate surface area is 119 Å². The Morgan fingerprint density at radius 2 is 2.20 bits per heavy atom. The molecule has 20 heavy (non-hydrogen) atoms. The average Bonchev–Trinajstić information content (AvgIpc) is 2.97. The van der Waals surface area contributed by atoms with Gasteiger partial charge >= 0.3 is 0 Å². The van der Waals surface area contributed by atoms with Gasteiger partial charge in [0.25, 0.3) is 0 Å². The lowest BCUT2D eigenvalue weighted by molar-refractivity contribution is 0.257. The molecule has 3 aliphatic rings. The molecule has 2 heteroatoms. The van der Waals surface area contributed by atoms with Crippen molar-refractivity contribution in [3.8, 4) is 5.75 Å². The van der Waals surface area contributed by atoms with Crippen LogP contribution in [0.15, 0.2) is 54.3 Å². The van der Waals surface area contributed by atoms with Crippen molar-refractivity contribution in [3.63, 3.8) is 0 Å². The molecule has 1 aromatic carbocycles. The summed E-state index contributed by atoms with van der Waals surface area (Å²) in [5, 5.41) is 0. The fraction of sp³-hybridized carbons (Fsp3) is 0.333.